The standard InChI is InChI=1S/C95H168O16P2/c1-4-7-10-13-16-19-22-25-27-29-31-33-35-37-39-41-43-44-46-48-49-51-53-55-57-59-61-64-66-69-72-75-78-81-93(98)105-84-90(96)85-107-112(101,102)108-86-91(97)87-109-113(103,104)110-89-92(111-95(100)83-80-77-74-71-68-63-24-21-18-15-12-9-6-3)88-106-94(99)82-79-76-73-70-67-65-62-60-58-56-54-52-50-47-45-42-40-38-36-34-32-30-28-26-23-20-17-14-11-8-5-2/h7,10,16-17,19-20,25-28,31-34,37-40,43-44,90-92,96-97H,4-6,8-9,11-15,18,21-24,29-30,35-36,41-42,45-89H2,1-3H3,(H,101,102)(H,103,104)/b10-7-,19-16-,20-17-,27-25-,28-26-,33-31-,34-32-,39-37-,40-38-,44-43-. The Labute approximate surface area is 691 Å². The van der Waals surface area contributed by atoms with Crippen molar-refractivity contribution in [3.05, 3.63) is 122 Å². The lowest BCUT2D eigenvalue weighted by Crippen LogP contribution is -2.30. The van der Waals surface area contributed by atoms with Gasteiger partial charge in [0.05, 0.1) is 26.4 Å². The summed E-state index contributed by atoms with van der Waals surface area (Å²) in [5.41, 5.74) is 0. The number of aliphatic hydroxyl groups excluding tert-OH is 2. The lowest BCUT2D eigenvalue weighted by Gasteiger charge is -2.21. The molecule has 0 aromatic heterocycles. The van der Waals surface area contributed by atoms with E-state index in [1.165, 1.54) is 218 Å². The predicted octanol–water partition coefficient (Wildman–Crippen LogP) is 28.0. The molecular weight excluding hydrogens is 1460 g/mol. The number of hydrogen-bond donors (Lipinski definition) is 4. The molecule has 0 aromatic carbocycles. The van der Waals surface area contributed by atoms with Crippen LogP contribution < -0.4 is 0 Å². The van der Waals surface area contributed by atoms with Crippen LogP contribution in [0.4, 0.5) is 0 Å². The summed E-state index contributed by atoms with van der Waals surface area (Å²) in [5.74, 6) is -1.55. The number of rotatable bonds is 87. The molecule has 5 atom stereocenters. The maximum absolute atomic E-state index is 13.0. The van der Waals surface area contributed by atoms with Gasteiger partial charge in [-0.05, 0) is 116 Å². The molecule has 654 valence electrons. The lowest BCUT2D eigenvalue weighted by atomic mass is 10.0. The smallest absolute Gasteiger partial charge is 0.463 e. The van der Waals surface area contributed by atoms with Crippen molar-refractivity contribution in [2.24, 2.45) is 0 Å². The third-order valence-corrected chi connectivity index (χ3v) is 21.6. The summed E-state index contributed by atoms with van der Waals surface area (Å²) in [6.07, 6.45) is 107. The molecule has 0 aromatic rings. The van der Waals surface area contributed by atoms with Crippen molar-refractivity contribution in [3.8, 4) is 0 Å². The Morgan fingerprint density at radius 2 is 0.469 bits per heavy atom. The molecule has 0 aliphatic heterocycles. The van der Waals surface area contributed by atoms with Crippen LogP contribution in [0.15, 0.2) is 122 Å². The third kappa shape index (κ3) is 88.6. The maximum atomic E-state index is 13.0. The number of aliphatic hydroxyl groups is 2. The summed E-state index contributed by atoms with van der Waals surface area (Å²) in [6.45, 7) is 2.60. The second kappa shape index (κ2) is 87.3. The maximum Gasteiger partial charge on any atom is 0.472 e. The average Bonchev–Trinajstić information content (AvgIpc) is 0.903. The van der Waals surface area contributed by atoms with E-state index in [9.17, 15) is 43.5 Å². The monoisotopic (exact) mass is 1630 g/mol. The average molecular weight is 1630 g/mol. The van der Waals surface area contributed by atoms with Gasteiger partial charge in [-0.15, -0.1) is 0 Å². The van der Waals surface area contributed by atoms with Crippen molar-refractivity contribution in [2.75, 3.05) is 39.6 Å². The minimum atomic E-state index is -4.93. The van der Waals surface area contributed by atoms with Gasteiger partial charge in [-0.25, -0.2) is 9.13 Å². The van der Waals surface area contributed by atoms with Crippen molar-refractivity contribution in [2.45, 2.75) is 424 Å². The van der Waals surface area contributed by atoms with Gasteiger partial charge in [-0.2, -0.15) is 0 Å². The summed E-state index contributed by atoms with van der Waals surface area (Å²) in [7, 11) is -9.79. The lowest BCUT2D eigenvalue weighted by molar-refractivity contribution is -0.161. The zero-order chi connectivity index (χ0) is 82.2. The molecule has 16 nitrogen and oxygen atoms in total. The minimum absolute atomic E-state index is 0.109. The molecular formula is C95H168O16P2. The summed E-state index contributed by atoms with van der Waals surface area (Å²) in [5, 5.41) is 20.7. The van der Waals surface area contributed by atoms with Crippen molar-refractivity contribution >= 4 is 33.6 Å². The first-order chi connectivity index (χ1) is 55.2. The SMILES string of the molecule is CC/C=C\C/C=C\C/C=C\C/C=C\C/C=C\C/C=C\CCCCCCCCCCCCCCCCC(=O)OCC(O)COP(=O)(O)OCC(O)COP(=O)(O)OCC(COC(=O)CCCCCCCCCCCCCCCCC/C=C\C/C=C\C/C=C\C/C=C\CCCCC)OC(=O)CCCCCCCCCCCCCCC. The van der Waals surface area contributed by atoms with Crippen molar-refractivity contribution in [1.29, 1.82) is 0 Å². The number of allylic oxidation sites excluding steroid dienone is 20. The van der Waals surface area contributed by atoms with E-state index in [4.69, 9.17) is 32.3 Å². The third-order valence-electron chi connectivity index (χ3n) is 19.7. The zero-order valence-electron chi connectivity index (χ0n) is 72.0. The Morgan fingerprint density at radius 3 is 0.761 bits per heavy atom. The molecule has 0 spiro atoms. The normalized spacial score (nSPS) is 14.4. The molecule has 0 heterocycles. The molecule has 113 heavy (non-hydrogen) atoms. The van der Waals surface area contributed by atoms with Gasteiger partial charge in [0.25, 0.3) is 0 Å². The summed E-state index contributed by atoms with van der Waals surface area (Å²) in [4.78, 5) is 58.8. The number of carbonyl (C=O) groups excluding carboxylic acids is 3. The highest BCUT2D eigenvalue weighted by Crippen LogP contribution is 2.45. The highest BCUT2D eigenvalue weighted by molar-refractivity contribution is 7.47. The van der Waals surface area contributed by atoms with Crippen LogP contribution in [0.1, 0.15) is 406 Å². The number of esters is 3. The molecule has 0 aliphatic rings. The number of phosphoric ester groups is 2. The first kappa shape index (κ1) is 109. The molecule has 0 bridgehead atoms. The van der Waals surface area contributed by atoms with Crippen LogP contribution in [-0.4, -0.2) is 95.9 Å². The van der Waals surface area contributed by atoms with Crippen LogP contribution in [0.25, 0.3) is 0 Å². The fourth-order valence-electron chi connectivity index (χ4n) is 12.7. The van der Waals surface area contributed by atoms with E-state index < -0.39 is 91.5 Å². The topological polar surface area (TPSA) is 231 Å². The quantitative estimate of drug-likeness (QED) is 0.0146. The number of unbranched alkanes of at least 4 members (excludes halogenated alkanes) is 44. The molecule has 0 radical (unpaired) electrons. The van der Waals surface area contributed by atoms with Gasteiger partial charge in [0.15, 0.2) is 6.10 Å². The van der Waals surface area contributed by atoms with Crippen LogP contribution in [-0.2, 0) is 55.8 Å². The van der Waals surface area contributed by atoms with E-state index in [0.29, 0.717) is 19.3 Å². The van der Waals surface area contributed by atoms with Crippen molar-refractivity contribution in [1.82, 2.24) is 0 Å². The van der Waals surface area contributed by atoms with Gasteiger partial charge in [0.1, 0.15) is 25.4 Å². The van der Waals surface area contributed by atoms with Gasteiger partial charge in [-0.3, -0.25) is 32.5 Å². The van der Waals surface area contributed by atoms with Crippen LogP contribution in [0, 0.1) is 0 Å². The second-order valence-corrected chi connectivity index (χ2v) is 33.6. The molecule has 0 aliphatic carbocycles. The molecule has 5 unspecified atom stereocenters. The van der Waals surface area contributed by atoms with Gasteiger partial charge >= 0.3 is 33.6 Å². The highest BCUT2D eigenvalue weighted by atomic mass is 31.2. The Morgan fingerprint density at radius 1 is 0.257 bits per heavy atom. The largest absolute Gasteiger partial charge is 0.472 e. The number of carbonyl (C=O) groups is 3. The number of phosphoric acid groups is 2. The van der Waals surface area contributed by atoms with Crippen LogP contribution in [0.2, 0.25) is 0 Å². The molecule has 18 heteroatoms. The molecule has 0 fully saturated rings. The van der Waals surface area contributed by atoms with E-state index in [1.54, 1.807) is 0 Å². The molecule has 0 amide bonds. The summed E-state index contributed by atoms with van der Waals surface area (Å²) >= 11 is 0. The van der Waals surface area contributed by atoms with Crippen LogP contribution in [0.5, 0.6) is 0 Å². The molecule has 0 saturated carbocycles. The molecule has 0 saturated heterocycles. The number of ether oxygens (including phenoxy) is 3. The van der Waals surface area contributed by atoms with E-state index in [0.717, 1.165) is 128 Å². The van der Waals surface area contributed by atoms with Crippen LogP contribution >= 0.6 is 15.6 Å². The van der Waals surface area contributed by atoms with Gasteiger partial charge in [-0.1, -0.05) is 393 Å². The zero-order valence-corrected chi connectivity index (χ0v) is 73.8. The Bertz CT molecular complexity index is 2540. The van der Waals surface area contributed by atoms with Crippen molar-refractivity contribution in [3.63, 3.8) is 0 Å². The first-order valence-corrected chi connectivity index (χ1v) is 48.8. The van der Waals surface area contributed by atoms with Gasteiger partial charge in [0.2, 0.25) is 0 Å². The Hall–Kier alpha value is -4.05. The second-order valence-electron chi connectivity index (χ2n) is 30.7. The summed E-state index contributed by atoms with van der Waals surface area (Å²) < 4.78 is 61.4. The fraction of sp³-hybridized carbons (Fsp3) is 0.758. The van der Waals surface area contributed by atoms with Crippen LogP contribution in [0.3, 0.4) is 0 Å². The molecule has 4 N–H and O–H groups in total. The van der Waals surface area contributed by atoms with Gasteiger partial charge in [0, 0.05) is 19.3 Å². The Balaban J connectivity index is 4.40. The van der Waals surface area contributed by atoms with E-state index in [-0.39, 0.29) is 19.3 Å². The van der Waals surface area contributed by atoms with Gasteiger partial charge < -0.3 is 34.2 Å². The Kier molecular flexibility index (Phi) is 84.1. The minimum Gasteiger partial charge on any atom is -0.463 e. The van der Waals surface area contributed by atoms with E-state index in [1.807, 2.05) is 0 Å². The van der Waals surface area contributed by atoms with Crippen molar-refractivity contribution < 1.29 is 75.8 Å². The summed E-state index contributed by atoms with van der Waals surface area (Å²) in [6, 6.07) is 0. The fourth-order valence-corrected chi connectivity index (χ4v) is 14.3. The molecule has 0 rings (SSSR count). The first-order valence-electron chi connectivity index (χ1n) is 45.8. The number of hydrogen-bond acceptors (Lipinski definition) is 14. The van der Waals surface area contributed by atoms with E-state index in [2.05, 4.69) is 142 Å². The van der Waals surface area contributed by atoms with E-state index >= 15 is 0 Å². The predicted molar refractivity (Wildman–Crippen MR) is 473 cm³/mol. The highest BCUT2D eigenvalue weighted by Gasteiger charge is 2.29.